The fraction of sp³-hybridized carbons (Fsp3) is 0.435. The van der Waals surface area contributed by atoms with Gasteiger partial charge in [0, 0.05) is 48.9 Å². The molecule has 1 aliphatic heterocycles. The number of carbonyl (C=O) groups is 1. The number of amides is 1. The Hall–Kier alpha value is -2.60. The van der Waals surface area contributed by atoms with Crippen LogP contribution in [-0.4, -0.2) is 55.1 Å². The predicted molar refractivity (Wildman–Crippen MR) is 111 cm³/mol. The van der Waals surface area contributed by atoms with Gasteiger partial charge in [-0.2, -0.15) is 0 Å². The first-order chi connectivity index (χ1) is 13.9. The molecule has 0 saturated carbocycles. The average molecular weight is 400 g/mol. The van der Waals surface area contributed by atoms with Crippen LogP contribution in [0.25, 0.3) is 0 Å². The zero-order valence-corrected chi connectivity index (χ0v) is 17.5. The van der Waals surface area contributed by atoms with Gasteiger partial charge >= 0.3 is 0 Å². The molecule has 0 radical (unpaired) electrons. The van der Waals surface area contributed by atoms with E-state index in [-0.39, 0.29) is 23.8 Å². The number of hydrogen-bond acceptors (Lipinski definition) is 4. The van der Waals surface area contributed by atoms with E-state index in [4.69, 9.17) is 9.47 Å². The minimum absolute atomic E-state index is 0.0670. The SMILES string of the molecule is COc1ccccc1CC(=O)N1CCN(Cc2ccc(F)cc2OC)[C@H](C)[C@H]1C. The van der Waals surface area contributed by atoms with Crippen molar-refractivity contribution < 1.29 is 18.7 Å². The molecular weight excluding hydrogens is 371 g/mol. The molecule has 2 aromatic rings. The van der Waals surface area contributed by atoms with Gasteiger partial charge < -0.3 is 14.4 Å². The smallest absolute Gasteiger partial charge is 0.227 e. The van der Waals surface area contributed by atoms with E-state index in [9.17, 15) is 9.18 Å². The maximum Gasteiger partial charge on any atom is 0.227 e. The summed E-state index contributed by atoms with van der Waals surface area (Å²) in [5, 5.41) is 0. The monoisotopic (exact) mass is 400 g/mol. The lowest BCUT2D eigenvalue weighted by Gasteiger charge is -2.45. The Morgan fingerprint density at radius 1 is 1.00 bits per heavy atom. The van der Waals surface area contributed by atoms with Crippen molar-refractivity contribution in [2.75, 3.05) is 27.3 Å². The van der Waals surface area contributed by atoms with Gasteiger partial charge in [0.1, 0.15) is 17.3 Å². The number of ether oxygens (including phenoxy) is 2. The molecule has 0 N–H and O–H groups in total. The molecule has 0 aromatic heterocycles. The number of rotatable bonds is 6. The summed E-state index contributed by atoms with van der Waals surface area (Å²) in [4.78, 5) is 17.3. The van der Waals surface area contributed by atoms with Gasteiger partial charge in [-0.25, -0.2) is 4.39 Å². The second-order valence-electron chi connectivity index (χ2n) is 7.48. The Kier molecular flexibility index (Phi) is 6.75. The van der Waals surface area contributed by atoms with Gasteiger partial charge in [-0.05, 0) is 26.0 Å². The highest BCUT2D eigenvalue weighted by molar-refractivity contribution is 5.80. The molecule has 2 atom stereocenters. The second-order valence-corrected chi connectivity index (χ2v) is 7.48. The van der Waals surface area contributed by atoms with Gasteiger partial charge in [0.15, 0.2) is 0 Å². The van der Waals surface area contributed by atoms with Crippen molar-refractivity contribution >= 4 is 5.91 Å². The van der Waals surface area contributed by atoms with Gasteiger partial charge in [0.25, 0.3) is 0 Å². The summed E-state index contributed by atoms with van der Waals surface area (Å²) in [5.41, 5.74) is 1.85. The molecule has 0 unspecified atom stereocenters. The molecular formula is C23H29FN2O3. The predicted octanol–water partition coefficient (Wildman–Crippen LogP) is 3.51. The number of hydrogen-bond donors (Lipinski definition) is 0. The molecule has 1 amide bonds. The lowest BCUT2D eigenvalue weighted by molar-refractivity contribution is -0.137. The third-order valence-electron chi connectivity index (χ3n) is 5.87. The van der Waals surface area contributed by atoms with Gasteiger partial charge in [0.05, 0.1) is 20.6 Å². The van der Waals surface area contributed by atoms with Crippen molar-refractivity contribution in [2.24, 2.45) is 0 Å². The molecule has 0 spiro atoms. The molecule has 1 heterocycles. The quantitative estimate of drug-likeness (QED) is 0.744. The van der Waals surface area contributed by atoms with Crippen LogP contribution in [0.4, 0.5) is 4.39 Å². The summed E-state index contributed by atoms with van der Waals surface area (Å²) in [7, 11) is 3.18. The normalized spacial score (nSPS) is 19.8. The summed E-state index contributed by atoms with van der Waals surface area (Å²) in [5.74, 6) is 1.09. The van der Waals surface area contributed by atoms with E-state index in [2.05, 4.69) is 18.7 Å². The number of nitrogens with zero attached hydrogens (tertiary/aromatic N) is 2. The van der Waals surface area contributed by atoms with Gasteiger partial charge in [0.2, 0.25) is 5.91 Å². The van der Waals surface area contributed by atoms with Gasteiger partial charge in [-0.15, -0.1) is 0 Å². The summed E-state index contributed by atoms with van der Waals surface area (Å²) in [6, 6.07) is 12.5. The van der Waals surface area contributed by atoms with Crippen molar-refractivity contribution in [2.45, 2.75) is 38.9 Å². The Morgan fingerprint density at radius 2 is 1.72 bits per heavy atom. The molecule has 1 aliphatic rings. The van der Waals surface area contributed by atoms with Crippen molar-refractivity contribution in [1.82, 2.24) is 9.80 Å². The Labute approximate surface area is 172 Å². The molecule has 1 fully saturated rings. The first-order valence-electron chi connectivity index (χ1n) is 9.92. The van der Waals surface area contributed by atoms with Crippen molar-refractivity contribution in [1.29, 1.82) is 0 Å². The minimum Gasteiger partial charge on any atom is -0.496 e. The summed E-state index contributed by atoms with van der Waals surface area (Å²) >= 11 is 0. The van der Waals surface area contributed by atoms with E-state index in [1.807, 2.05) is 29.2 Å². The third kappa shape index (κ3) is 4.70. The number of benzene rings is 2. The van der Waals surface area contributed by atoms with Crippen LogP contribution in [0.15, 0.2) is 42.5 Å². The minimum atomic E-state index is -0.307. The maximum absolute atomic E-state index is 13.5. The third-order valence-corrected chi connectivity index (χ3v) is 5.87. The fourth-order valence-electron chi connectivity index (χ4n) is 3.97. The van der Waals surface area contributed by atoms with Crippen LogP contribution in [0.1, 0.15) is 25.0 Å². The van der Waals surface area contributed by atoms with E-state index in [1.54, 1.807) is 20.3 Å². The lowest BCUT2D eigenvalue weighted by Crippen LogP contribution is -2.58. The first-order valence-corrected chi connectivity index (χ1v) is 9.92. The zero-order valence-electron chi connectivity index (χ0n) is 17.5. The summed E-state index contributed by atoms with van der Waals surface area (Å²) in [6.45, 7) is 6.28. The standard InChI is InChI=1S/C23H29FN2O3/c1-16-17(2)26(23(27)13-18-7-5-6-8-21(18)28-3)12-11-25(16)15-19-9-10-20(24)14-22(19)29-4/h5-10,14,16-17H,11-13,15H2,1-4H3/t16-,17-/m1/s1. The van der Waals surface area contributed by atoms with Gasteiger partial charge in [-0.3, -0.25) is 9.69 Å². The van der Waals surface area contributed by atoms with Crippen LogP contribution in [0.5, 0.6) is 11.5 Å². The van der Waals surface area contributed by atoms with E-state index in [0.29, 0.717) is 25.3 Å². The Bertz CT molecular complexity index is 858. The Morgan fingerprint density at radius 3 is 2.45 bits per heavy atom. The van der Waals surface area contributed by atoms with Crippen molar-refractivity contribution in [3.8, 4) is 11.5 Å². The lowest BCUT2D eigenvalue weighted by atomic mass is 10.0. The Balaban J connectivity index is 1.67. The largest absolute Gasteiger partial charge is 0.496 e. The molecule has 6 heteroatoms. The molecule has 29 heavy (non-hydrogen) atoms. The molecule has 5 nitrogen and oxygen atoms in total. The number of piperazine rings is 1. The highest BCUT2D eigenvalue weighted by atomic mass is 19.1. The highest BCUT2D eigenvalue weighted by Gasteiger charge is 2.33. The van der Waals surface area contributed by atoms with E-state index >= 15 is 0 Å². The summed E-state index contributed by atoms with van der Waals surface area (Å²) in [6.07, 6.45) is 0.326. The number of methoxy groups -OCH3 is 2. The number of halogens is 1. The van der Waals surface area contributed by atoms with Crippen LogP contribution >= 0.6 is 0 Å². The zero-order chi connectivity index (χ0) is 21.0. The molecule has 1 saturated heterocycles. The molecule has 0 aliphatic carbocycles. The molecule has 3 rings (SSSR count). The maximum atomic E-state index is 13.5. The van der Waals surface area contributed by atoms with Gasteiger partial charge in [-0.1, -0.05) is 24.3 Å². The number of carbonyl (C=O) groups excluding carboxylic acids is 1. The molecule has 0 bridgehead atoms. The van der Waals surface area contributed by atoms with Crippen molar-refractivity contribution in [3.63, 3.8) is 0 Å². The number of para-hydroxylation sites is 1. The van der Waals surface area contributed by atoms with E-state index in [1.165, 1.54) is 12.1 Å². The van der Waals surface area contributed by atoms with Crippen LogP contribution in [0.2, 0.25) is 0 Å². The van der Waals surface area contributed by atoms with Crippen LogP contribution < -0.4 is 9.47 Å². The second kappa shape index (κ2) is 9.27. The topological polar surface area (TPSA) is 42.0 Å². The summed E-state index contributed by atoms with van der Waals surface area (Å²) < 4.78 is 24.2. The van der Waals surface area contributed by atoms with Crippen LogP contribution in [0.3, 0.4) is 0 Å². The fourth-order valence-corrected chi connectivity index (χ4v) is 3.97. The van der Waals surface area contributed by atoms with Crippen LogP contribution in [-0.2, 0) is 17.8 Å². The molecule has 156 valence electrons. The molecule has 2 aromatic carbocycles. The van der Waals surface area contributed by atoms with Crippen LogP contribution in [0, 0.1) is 5.82 Å². The average Bonchev–Trinajstić information content (AvgIpc) is 2.72. The van der Waals surface area contributed by atoms with E-state index < -0.39 is 0 Å². The first kappa shape index (κ1) is 21.1. The van der Waals surface area contributed by atoms with Crippen molar-refractivity contribution in [3.05, 3.63) is 59.4 Å². The highest BCUT2D eigenvalue weighted by Crippen LogP contribution is 2.26. The van der Waals surface area contributed by atoms with E-state index in [0.717, 1.165) is 23.4 Å².